The highest BCUT2D eigenvalue weighted by molar-refractivity contribution is 7.92. The van der Waals surface area contributed by atoms with Gasteiger partial charge in [-0.2, -0.15) is 5.10 Å². The molecule has 0 saturated carbocycles. The standard InChI is InChI=1S/C13H19N5O3S/c1-10(2)11(21-3)9-22(19,20)17-12-13(15-7-6-14-12)18-8-4-5-16-18/h4-8,10-11H,9H2,1-3H3,(H,14,17). The average Bonchev–Trinajstić information content (AvgIpc) is 2.98. The van der Waals surface area contributed by atoms with E-state index in [1.807, 2.05) is 13.8 Å². The molecule has 0 bridgehead atoms. The molecule has 0 aliphatic heterocycles. The minimum Gasteiger partial charge on any atom is -0.380 e. The minimum atomic E-state index is -3.62. The van der Waals surface area contributed by atoms with E-state index in [-0.39, 0.29) is 17.5 Å². The van der Waals surface area contributed by atoms with Crippen molar-refractivity contribution >= 4 is 15.8 Å². The topological polar surface area (TPSA) is 99.0 Å². The monoisotopic (exact) mass is 325 g/mol. The van der Waals surface area contributed by atoms with Crippen molar-refractivity contribution in [2.45, 2.75) is 20.0 Å². The van der Waals surface area contributed by atoms with E-state index in [4.69, 9.17) is 4.74 Å². The summed E-state index contributed by atoms with van der Waals surface area (Å²) in [7, 11) is -2.13. The average molecular weight is 325 g/mol. The lowest BCUT2D eigenvalue weighted by molar-refractivity contribution is 0.0829. The molecule has 0 aliphatic carbocycles. The van der Waals surface area contributed by atoms with Crippen molar-refractivity contribution in [2.75, 3.05) is 17.6 Å². The van der Waals surface area contributed by atoms with Gasteiger partial charge in [-0.25, -0.2) is 23.1 Å². The Bertz CT molecular complexity index is 700. The summed E-state index contributed by atoms with van der Waals surface area (Å²) in [6, 6.07) is 1.71. The number of rotatable bonds is 7. The molecule has 0 amide bonds. The van der Waals surface area contributed by atoms with Crippen molar-refractivity contribution in [3.8, 4) is 5.82 Å². The summed E-state index contributed by atoms with van der Waals surface area (Å²) in [6.07, 6.45) is 5.73. The molecule has 22 heavy (non-hydrogen) atoms. The third-order valence-corrected chi connectivity index (χ3v) is 4.35. The first-order chi connectivity index (χ1) is 10.4. The van der Waals surface area contributed by atoms with Gasteiger partial charge in [0.05, 0.1) is 11.9 Å². The van der Waals surface area contributed by atoms with E-state index in [1.54, 1.807) is 18.5 Å². The summed E-state index contributed by atoms with van der Waals surface area (Å²) in [6.45, 7) is 3.81. The highest BCUT2D eigenvalue weighted by Gasteiger charge is 2.23. The number of aromatic nitrogens is 4. The Morgan fingerprint density at radius 2 is 2.00 bits per heavy atom. The number of nitrogens with one attached hydrogen (secondary N) is 1. The fourth-order valence-corrected chi connectivity index (χ4v) is 3.38. The third-order valence-electron chi connectivity index (χ3n) is 3.08. The molecule has 8 nitrogen and oxygen atoms in total. The molecule has 1 unspecified atom stereocenters. The smallest absolute Gasteiger partial charge is 0.236 e. The van der Waals surface area contributed by atoms with Gasteiger partial charge in [-0.05, 0) is 12.0 Å². The van der Waals surface area contributed by atoms with Gasteiger partial charge in [-0.15, -0.1) is 0 Å². The Morgan fingerprint density at radius 3 is 2.59 bits per heavy atom. The summed E-state index contributed by atoms with van der Waals surface area (Å²) in [4.78, 5) is 8.16. The maximum atomic E-state index is 12.3. The van der Waals surface area contributed by atoms with E-state index in [0.29, 0.717) is 5.82 Å². The van der Waals surface area contributed by atoms with Crippen LogP contribution in [0.2, 0.25) is 0 Å². The number of methoxy groups -OCH3 is 1. The van der Waals surface area contributed by atoms with E-state index < -0.39 is 16.1 Å². The molecule has 0 fully saturated rings. The zero-order valence-corrected chi connectivity index (χ0v) is 13.5. The first-order valence-corrected chi connectivity index (χ1v) is 8.42. The lowest BCUT2D eigenvalue weighted by atomic mass is 10.1. The van der Waals surface area contributed by atoms with Crippen LogP contribution in [-0.2, 0) is 14.8 Å². The fourth-order valence-electron chi connectivity index (χ4n) is 1.90. The highest BCUT2D eigenvalue weighted by atomic mass is 32.2. The molecule has 0 aliphatic rings. The quantitative estimate of drug-likeness (QED) is 0.817. The molecule has 0 aromatic carbocycles. The molecule has 2 heterocycles. The van der Waals surface area contributed by atoms with E-state index >= 15 is 0 Å². The van der Waals surface area contributed by atoms with Gasteiger partial charge in [-0.1, -0.05) is 13.8 Å². The number of sulfonamides is 1. The molecule has 2 aromatic heterocycles. The Morgan fingerprint density at radius 1 is 1.27 bits per heavy atom. The Hall–Kier alpha value is -2.00. The molecular formula is C13H19N5O3S. The number of hydrogen-bond acceptors (Lipinski definition) is 6. The maximum Gasteiger partial charge on any atom is 0.236 e. The van der Waals surface area contributed by atoms with E-state index in [2.05, 4.69) is 19.8 Å². The second-order valence-corrected chi connectivity index (χ2v) is 6.85. The summed E-state index contributed by atoms with van der Waals surface area (Å²) < 4.78 is 33.7. The van der Waals surface area contributed by atoms with Gasteiger partial charge >= 0.3 is 0 Å². The molecule has 0 spiro atoms. The second-order valence-electron chi connectivity index (χ2n) is 5.08. The molecule has 2 aromatic rings. The van der Waals surface area contributed by atoms with Crippen molar-refractivity contribution in [3.63, 3.8) is 0 Å². The normalized spacial score (nSPS) is 13.3. The van der Waals surface area contributed by atoms with Gasteiger partial charge in [0.15, 0.2) is 11.6 Å². The molecule has 2 rings (SSSR count). The van der Waals surface area contributed by atoms with Crippen LogP contribution in [0.4, 0.5) is 5.82 Å². The minimum absolute atomic E-state index is 0.0778. The fraction of sp³-hybridized carbons (Fsp3) is 0.462. The Balaban J connectivity index is 2.24. The Kier molecular flexibility index (Phi) is 5.09. The van der Waals surface area contributed by atoms with Crippen LogP contribution in [0.25, 0.3) is 5.82 Å². The summed E-state index contributed by atoms with van der Waals surface area (Å²) in [5.74, 6) is 0.365. The molecule has 9 heteroatoms. The van der Waals surface area contributed by atoms with Crippen LogP contribution in [0.3, 0.4) is 0 Å². The predicted octanol–water partition coefficient (Wildman–Crippen LogP) is 1.07. The van der Waals surface area contributed by atoms with E-state index in [1.165, 1.54) is 24.2 Å². The maximum absolute atomic E-state index is 12.3. The molecular weight excluding hydrogens is 306 g/mol. The molecule has 0 saturated heterocycles. The van der Waals surface area contributed by atoms with Crippen LogP contribution in [-0.4, -0.2) is 47.1 Å². The third kappa shape index (κ3) is 4.01. The van der Waals surface area contributed by atoms with Crippen LogP contribution in [0.15, 0.2) is 30.9 Å². The van der Waals surface area contributed by atoms with Crippen molar-refractivity contribution in [2.24, 2.45) is 5.92 Å². The van der Waals surface area contributed by atoms with Crippen molar-refractivity contribution in [1.29, 1.82) is 0 Å². The summed E-state index contributed by atoms with van der Waals surface area (Å²) in [5.41, 5.74) is 0. The zero-order valence-electron chi connectivity index (χ0n) is 12.7. The van der Waals surface area contributed by atoms with Gasteiger partial charge in [0.1, 0.15) is 0 Å². The summed E-state index contributed by atoms with van der Waals surface area (Å²) in [5, 5.41) is 4.04. The summed E-state index contributed by atoms with van der Waals surface area (Å²) >= 11 is 0. The van der Waals surface area contributed by atoms with Crippen LogP contribution >= 0.6 is 0 Å². The molecule has 1 N–H and O–H groups in total. The Labute approximate surface area is 129 Å². The number of ether oxygens (including phenoxy) is 1. The van der Waals surface area contributed by atoms with Crippen molar-refractivity contribution in [3.05, 3.63) is 30.9 Å². The van der Waals surface area contributed by atoms with Crippen LogP contribution < -0.4 is 4.72 Å². The van der Waals surface area contributed by atoms with E-state index in [9.17, 15) is 8.42 Å². The molecule has 120 valence electrons. The largest absolute Gasteiger partial charge is 0.380 e. The van der Waals surface area contributed by atoms with Gasteiger partial charge in [0.25, 0.3) is 0 Å². The van der Waals surface area contributed by atoms with Crippen LogP contribution in [0, 0.1) is 5.92 Å². The van der Waals surface area contributed by atoms with Crippen molar-refractivity contribution < 1.29 is 13.2 Å². The van der Waals surface area contributed by atoms with Crippen LogP contribution in [0.1, 0.15) is 13.8 Å². The van der Waals surface area contributed by atoms with Gasteiger partial charge < -0.3 is 4.74 Å². The van der Waals surface area contributed by atoms with Crippen molar-refractivity contribution in [1.82, 2.24) is 19.7 Å². The first kappa shape index (κ1) is 16.4. The molecule has 0 radical (unpaired) electrons. The highest BCUT2D eigenvalue weighted by Crippen LogP contribution is 2.16. The molecule has 1 atom stereocenters. The van der Waals surface area contributed by atoms with Gasteiger partial charge in [0, 0.05) is 31.9 Å². The number of hydrogen-bond donors (Lipinski definition) is 1. The zero-order chi connectivity index (χ0) is 16.2. The van der Waals surface area contributed by atoms with Crippen LogP contribution in [0.5, 0.6) is 0 Å². The second kappa shape index (κ2) is 6.84. The van der Waals surface area contributed by atoms with Gasteiger partial charge in [0.2, 0.25) is 10.0 Å². The lowest BCUT2D eigenvalue weighted by Gasteiger charge is -2.19. The predicted molar refractivity (Wildman–Crippen MR) is 82.2 cm³/mol. The number of nitrogens with zero attached hydrogens (tertiary/aromatic N) is 4. The van der Waals surface area contributed by atoms with Gasteiger partial charge in [-0.3, -0.25) is 4.72 Å². The van der Waals surface area contributed by atoms with E-state index in [0.717, 1.165) is 0 Å². The lowest BCUT2D eigenvalue weighted by Crippen LogP contribution is -2.31. The first-order valence-electron chi connectivity index (χ1n) is 6.77. The SMILES string of the molecule is COC(CS(=O)(=O)Nc1nccnc1-n1cccn1)C(C)C. The number of anilines is 1.